The lowest BCUT2D eigenvalue weighted by molar-refractivity contribution is -0.144. The van der Waals surface area contributed by atoms with Crippen molar-refractivity contribution in [2.75, 3.05) is 31.1 Å². The molecule has 0 spiro atoms. The Morgan fingerprint density at radius 2 is 1.58 bits per heavy atom. The van der Waals surface area contributed by atoms with Crippen LogP contribution in [0.4, 0.5) is 18.9 Å². The van der Waals surface area contributed by atoms with E-state index in [1.807, 2.05) is 9.80 Å². The van der Waals surface area contributed by atoms with Crippen molar-refractivity contribution in [3.8, 4) is 0 Å². The van der Waals surface area contributed by atoms with Crippen LogP contribution in [0.1, 0.15) is 44.1 Å². The van der Waals surface area contributed by atoms with E-state index < -0.39 is 11.7 Å². The van der Waals surface area contributed by atoms with Crippen molar-refractivity contribution in [2.45, 2.75) is 44.7 Å². The molecule has 0 unspecified atom stereocenters. The van der Waals surface area contributed by atoms with E-state index >= 15 is 0 Å². The first-order valence-electron chi connectivity index (χ1n) is 11.2. The van der Waals surface area contributed by atoms with Gasteiger partial charge in [-0.15, -0.1) is 0 Å². The first-order chi connectivity index (χ1) is 14.7. The highest BCUT2D eigenvalue weighted by molar-refractivity contribution is 7.80. The third-order valence-electron chi connectivity index (χ3n) is 7.85. The Morgan fingerprint density at radius 1 is 1.00 bits per heavy atom. The van der Waals surface area contributed by atoms with Crippen LogP contribution in [0.25, 0.3) is 0 Å². The second kappa shape index (κ2) is 7.64. The molecule has 1 saturated heterocycles. The summed E-state index contributed by atoms with van der Waals surface area (Å²) >= 11 is 5.56. The number of amides is 1. The van der Waals surface area contributed by atoms with E-state index in [0.717, 1.165) is 25.3 Å². The van der Waals surface area contributed by atoms with Gasteiger partial charge in [-0.05, 0) is 86.7 Å². The molecule has 1 amide bonds. The number of nitrogens with zero attached hydrogens (tertiary/aromatic N) is 2. The van der Waals surface area contributed by atoms with E-state index in [1.165, 1.54) is 31.4 Å². The van der Waals surface area contributed by atoms with E-state index in [1.54, 1.807) is 6.07 Å². The number of nitrogens with one attached hydrogen (secondary N) is 1. The normalized spacial score (nSPS) is 32.3. The third kappa shape index (κ3) is 4.03. The van der Waals surface area contributed by atoms with E-state index in [4.69, 9.17) is 12.2 Å². The minimum atomic E-state index is -4.35. The quantitative estimate of drug-likeness (QED) is 0.675. The lowest BCUT2D eigenvalue weighted by Gasteiger charge is -2.55. The molecule has 4 aliphatic carbocycles. The minimum absolute atomic E-state index is 0.0944. The molecular weight excluding hydrogens is 423 g/mol. The van der Waals surface area contributed by atoms with Crippen molar-refractivity contribution in [1.82, 2.24) is 10.2 Å². The smallest absolute Gasteiger partial charge is 0.368 e. The first kappa shape index (κ1) is 21.0. The zero-order valence-electron chi connectivity index (χ0n) is 17.5. The molecule has 4 nitrogen and oxygen atoms in total. The second-order valence-electron chi connectivity index (χ2n) is 9.98. The summed E-state index contributed by atoms with van der Waals surface area (Å²) in [4.78, 5) is 17.1. The summed E-state index contributed by atoms with van der Waals surface area (Å²) in [7, 11) is 0. The number of piperazine rings is 1. The van der Waals surface area contributed by atoms with Gasteiger partial charge in [0.2, 0.25) is 5.91 Å². The van der Waals surface area contributed by atoms with Gasteiger partial charge in [0, 0.05) is 31.9 Å². The number of hydrogen-bond acceptors (Lipinski definition) is 3. The van der Waals surface area contributed by atoms with Crippen LogP contribution in [-0.2, 0) is 11.0 Å². The number of carbonyl (C=O) groups excluding carboxylic acids is 1. The monoisotopic (exact) mass is 451 g/mol. The van der Waals surface area contributed by atoms with Gasteiger partial charge in [0.25, 0.3) is 0 Å². The summed E-state index contributed by atoms with van der Waals surface area (Å²) in [5.41, 5.74) is -0.303. The number of thiocarbonyl (C=S) groups is 1. The number of benzene rings is 1. The fourth-order valence-electron chi connectivity index (χ4n) is 6.74. The zero-order valence-corrected chi connectivity index (χ0v) is 18.3. The van der Waals surface area contributed by atoms with Crippen LogP contribution in [0.2, 0.25) is 0 Å². The Balaban J connectivity index is 1.18. The molecule has 1 aromatic rings. The fraction of sp³-hybridized carbons (Fsp3) is 0.652. The van der Waals surface area contributed by atoms with Crippen LogP contribution in [0.15, 0.2) is 24.3 Å². The summed E-state index contributed by atoms with van der Waals surface area (Å²) in [5.74, 6) is 2.18. The fourth-order valence-corrected chi connectivity index (χ4v) is 7.02. The van der Waals surface area contributed by atoms with Gasteiger partial charge in [0.05, 0.1) is 11.0 Å². The third-order valence-corrected chi connectivity index (χ3v) is 8.21. The summed E-state index contributed by atoms with van der Waals surface area (Å²) in [6.45, 7) is 2.29. The van der Waals surface area contributed by atoms with Crippen LogP contribution in [0, 0.1) is 23.2 Å². The van der Waals surface area contributed by atoms with Crippen LogP contribution in [0.3, 0.4) is 0 Å². The standard InChI is InChI=1S/C23H28F3N3OS/c24-23(25,26)18-2-1-3-19(11-18)28-4-6-29(7-5-28)21(31)27-20(30)22-12-15-8-16(13-22)10-17(9-15)14-22/h1-3,11,15-17H,4-10,12-14H2,(H,27,30,31). The van der Waals surface area contributed by atoms with Gasteiger partial charge >= 0.3 is 6.18 Å². The van der Waals surface area contributed by atoms with E-state index in [9.17, 15) is 18.0 Å². The summed E-state index contributed by atoms with van der Waals surface area (Å²) in [6.07, 6.45) is 2.50. The lowest BCUT2D eigenvalue weighted by atomic mass is 9.49. The van der Waals surface area contributed by atoms with E-state index in [-0.39, 0.29) is 11.3 Å². The molecule has 1 heterocycles. The zero-order chi connectivity index (χ0) is 21.8. The Morgan fingerprint density at radius 3 is 2.13 bits per heavy atom. The Kier molecular flexibility index (Phi) is 5.19. The lowest BCUT2D eigenvalue weighted by Crippen LogP contribution is -2.58. The molecule has 6 rings (SSSR count). The summed E-state index contributed by atoms with van der Waals surface area (Å²) in [5, 5.41) is 3.50. The van der Waals surface area contributed by atoms with Gasteiger partial charge in [-0.1, -0.05) is 6.07 Å². The average Bonchev–Trinajstić information content (AvgIpc) is 2.72. The van der Waals surface area contributed by atoms with Crippen molar-refractivity contribution in [3.63, 3.8) is 0 Å². The molecule has 1 N–H and O–H groups in total. The van der Waals surface area contributed by atoms with Gasteiger partial charge in [-0.2, -0.15) is 13.2 Å². The van der Waals surface area contributed by atoms with Crippen LogP contribution >= 0.6 is 12.2 Å². The van der Waals surface area contributed by atoms with Gasteiger partial charge in [0.15, 0.2) is 5.11 Å². The van der Waals surface area contributed by atoms with Gasteiger partial charge < -0.3 is 15.1 Å². The van der Waals surface area contributed by atoms with Crippen molar-refractivity contribution in [1.29, 1.82) is 0 Å². The maximum atomic E-state index is 13.2. The number of carbonyl (C=O) groups is 1. The number of anilines is 1. The SMILES string of the molecule is O=C(NC(=S)N1CCN(c2cccc(C(F)(F)F)c2)CC1)C12CC3CC(CC(C3)C1)C2. The number of rotatable bonds is 2. The molecule has 8 heteroatoms. The largest absolute Gasteiger partial charge is 0.416 e. The van der Waals surface area contributed by atoms with Crippen molar-refractivity contribution in [3.05, 3.63) is 29.8 Å². The van der Waals surface area contributed by atoms with Crippen LogP contribution in [-0.4, -0.2) is 42.1 Å². The highest BCUT2D eigenvalue weighted by Gasteiger charge is 2.54. The molecule has 0 radical (unpaired) electrons. The minimum Gasteiger partial charge on any atom is -0.368 e. The Bertz CT molecular complexity index is 844. The molecule has 1 aliphatic heterocycles. The topological polar surface area (TPSA) is 35.6 Å². The van der Waals surface area contributed by atoms with Crippen LogP contribution in [0.5, 0.6) is 0 Å². The molecule has 168 valence electrons. The Labute approximate surface area is 186 Å². The molecule has 5 aliphatic rings. The van der Waals surface area contributed by atoms with E-state index in [2.05, 4.69) is 5.32 Å². The average molecular weight is 452 g/mol. The predicted octanol–water partition coefficient (Wildman–Crippen LogP) is 4.44. The molecule has 31 heavy (non-hydrogen) atoms. The summed E-state index contributed by atoms with van der Waals surface area (Å²) < 4.78 is 39.0. The van der Waals surface area contributed by atoms with Crippen molar-refractivity contribution >= 4 is 28.9 Å². The molecule has 5 fully saturated rings. The maximum absolute atomic E-state index is 13.2. The first-order valence-corrected chi connectivity index (χ1v) is 11.7. The van der Waals surface area contributed by atoms with Gasteiger partial charge in [-0.25, -0.2) is 0 Å². The van der Waals surface area contributed by atoms with Gasteiger partial charge in [-0.3, -0.25) is 4.79 Å². The maximum Gasteiger partial charge on any atom is 0.416 e. The molecular formula is C23H28F3N3OS. The molecule has 4 bridgehead atoms. The molecule has 0 aromatic heterocycles. The highest BCUT2D eigenvalue weighted by atomic mass is 32.1. The predicted molar refractivity (Wildman–Crippen MR) is 117 cm³/mol. The van der Waals surface area contributed by atoms with Gasteiger partial charge in [0.1, 0.15) is 0 Å². The number of halogens is 3. The number of hydrogen-bond donors (Lipinski definition) is 1. The molecule has 0 atom stereocenters. The van der Waals surface area contributed by atoms with Crippen LogP contribution < -0.4 is 10.2 Å². The van der Waals surface area contributed by atoms with E-state index in [0.29, 0.717) is 54.7 Å². The molecule has 4 saturated carbocycles. The molecule has 1 aromatic carbocycles. The van der Waals surface area contributed by atoms with Crippen molar-refractivity contribution in [2.24, 2.45) is 23.2 Å². The summed E-state index contributed by atoms with van der Waals surface area (Å²) in [6, 6.07) is 5.44. The Hall–Kier alpha value is -1.83. The number of alkyl halides is 3. The van der Waals surface area contributed by atoms with Crippen molar-refractivity contribution < 1.29 is 18.0 Å². The highest BCUT2D eigenvalue weighted by Crippen LogP contribution is 2.60. The second-order valence-corrected chi connectivity index (χ2v) is 10.4.